The first-order chi connectivity index (χ1) is 13.6. The first-order valence-electron chi connectivity index (χ1n) is 10.7. The molecule has 3 heterocycles. The highest BCUT2D eigenvalue weighted by Crippen LogP contribution is 2.32. The van der Waals surface area contributed by atoms with E-state index in [0.29, 0.717) is 6.04 Å². The molecule has 5 nitrogen and oxygen atoms in total. The SMILES string of the molecule is Cc1cc(C(=O)N2CCN(Cc3cccnc3)CC2)c(C)n1C1CCCCC1. The second-order valence-electron chi connectivity index (χ2n) is 8.38. The minimum Gasteiger partial charge on any atom is -0.345 e. The van der Waals surface area contributed by atoms with Crippen molar-refractivity contribution in [2.24, 2.45) is 0 Å². The van der Waals surface area contributed by atoms with Crippen LogP contribution in [0.3, 0.4) is 0 Å². The van der Waals surface area contributed by atoms with Crippen molar-refractivity contribution in [3.05, 3.63) is 53.1 Å². The number of piperazine rings is 1. The Morgan fingerprint density at radius 2 is 1.86 bits per heavy atom. The number of hydrogen-bond donors (Lipinski definition) is 0. The van der Waals surface area contributed by atoms with Gasteiger partial charge in [0.25, 0.3) is 5.91 Å². The fourth-order valence-electron chi connectivity index (χ4n) is 4.92. The molecular weight excluding hydrogens is 348 g/mol. The summed E-state index contributed by atoms with van der Waals surface area (Å²) in [6.45, 7) is 8.63. The third-order valence-corrected chi connectivity index (χ3v) is 6.44. The Balaban J connectivity index is 1.40. The molecule has 2 aromatic heterocycles. The zero-order valence-electron chi connectivity index (χ0n) is 17.2. The van der Waals surface area contributed by atoms with Crippen LogP contribution < -0.4 is 0 Å². The number of pyridine rings is 1. The van der Waals surface area contributed by atoms with E-state index < -0.39 is 0 Å². The highest BCUT2D eigenvalue weighted by atomic mass is 16.2. The van der Waals surface area contributed by atoms with Crippen LogP contribution in [0, 0.1) is 13.8 Å². The number of carbonyl (C=O) groups excluding carboxylic acids is 1. The Morgan fingerprint density at radius 1 is 1.11 bits per heavy atom. The van der Waals surface area contributed by atoms with Gasteiger partial charge in [-0.15, -0.1) is 0 Å². The first-order valence-corrected chi connectivity index (χ1v) is 10.7. The molecule has 0 radical (unpaired) electrons. The number of hydrogen-bond acceptors (Lipinski definition) is 3. The zero-order chi connectivity index (χ0) is 19.5. The van der Waals surface area contributed by atoms with Gasteiger partial charge in [0.15, 0.2) is 0 Å². The van der Waals surface area contributed by atoms with Crippen LogP contribution in [0.2, 0.25) is 0 Å². The lowest BCUT2D eigenvalue weighted by atomic mass is 9.95. The van der Waals surface area contributed by atoms with Gasteiger partial charge in [-0.2, -0.15) is 0 Å². The first kappa shape index (κ1) is 19.2. The highest BCUT2D eigenvalue weighted by molar-refractivity contribution is 5.95. The molecule has 150 valence electrons. The molecule has 2 aromatic rings. The van der Waals surface area contributed by atoms with Gasteiger partial charge in [-0.1, -0.05) is 25.3 Å². The van der Waals surface area contributed by atoms with Crippen LogP contribution in [-0.2, 0) is 6.54 Å². The lowest BCUT2D eigenvalue weighted by Crippen LogP contribution is -2.48. The van der Waals surface area contributed by atoms with Gasteiger partial charge in [0.1, 0.15) is 0 Å². The van der Waals surface area contributed by atoms with Crippen LogP contribution in [0.25, 0.3) is 0 Å². The van der Waals surface area contributed by atoms with Crippen LogP contribution in [0.4, 0.5) is 0 Å². The number of aromatic nitrogens is 2. The topological polar surface area (TPSA) is 41.4 Å². The molecule has 2 fully saturated rings. The summed E-state index contributed by atoms with van der Waals surface area (Å²) in [5, 5.41) is 0. The van der Waals surface area contributed by atoms with E-state index in [4.69, 9.17) is 0 Å². The van der Waals surface area contributed by atoms with E-state index in [-0.39, 0.29) is 5.91 Å². The molecule has 5 heteroatoms. The van der Waals surface area contributed by atoms with E-state index in [2.05, 4.69) is 40.4 Å². The molecule has 0 aromatic carbocycles. The number of amides is 1. The van der Waals surface area contributed by atoms with Crippen molar-refractivity contribution in [1.29, 1.82) is 0 Å². The second-order valence-corrected chi connectivity index (χ2v) is 8.38. The summed E-state index contributed by atoms with van der Waals surface area (Å²) in [7, 11) is 0. The van der Waals surface area contributed by atoms with Gasteiger partial charge in [0.2, 0.25) is 0 Å². The molecule has 0 spiro atoms. The average Bonchev–Trinajstić information content (AvgIpc) is 3.03. The molecule has 0 bridgehead atoms. The molecule has 2 aliphatic rings. The second kappa shape index (κ2) is 8.48. The molecule has 1 saturated carbocycles. The maximum atomic E-state index is 13.2. The third kappa shape index (κ3) is 4.00. The number of carbonyl (C=O) groups is 1. The summed E-state index contributed by atoms with van der Waals surface area (Å²) in [4.78, 5) is 21.9. The van der Waals surface area contributed by atoms with Crippen molar-refractivity contribution in [2.45, 2.75) is 58.5 Å². The van der Waals surface area contributed by atoms with Crippen LogP contribution in [0.1, 0.15) is 65.5 Å². The van der Waals surface area contributed by atoms with Crippen LogP contribution in [-0.4, -0.2) is 51.4 Å². The standard InChI is InChI=1S/C23H32N4O/c1-18-15-22(19(2)27(18)21-8-4-3-5-9-21)23(28)26-13-11-25(12-14-26)17-20-7-6-10-24-16-20/h6-7,10,15-16,21H,3-5,8-9,11-14,17H2,1-2H3. The summed E-state index contributed by atoms with van der Waals surface area (Å²) < 4.78 is 2.44. The summed E-state index contributed by atoms with van der Waals surface area (Å²) in [6.07, 6.45) is 10.2. The van der Waals surface area contributed by atoms with Crippen LogP contribution >= 0.6 is 0 Å². The predicted molar refractivity (Wildman–Crippen MR) is 111 cm³/mol. The minimum atomic E-state index is 0.205. The Labute approximate surface area is 168 Å². The van der Waals surface area contributed by atoms with E-state index in [1.54, 1.807) is 0 Å². The summed E-state index contributed by atoms with van der Waals surface area (Å²) in [6, 6.07) is 6.79. The Bertz CT molecular complexity index is 800. The van der Waals surface area contributed by atoms with E-state index in [1.165, 1.54) is 43.4 Å². The Morgan fingerprint density at radius 3 is 2.54 bits per heavy atom. The van der Waals surface area contributed by atoms with Gasteiger partial charge in [0.05, 0.1) is 5.56 Å². The maximum Gasteiger partial charge on any atom is 0.255 e. The Kier molecular flexibility index (Phi) is 5.81. The summed E-state index contributed by atoms with van der Waals surface area (Å²) >= 11 is 0. The highest BCUT2D eigenvalue weighted by Gasteiger charge is 2.27. The van der Waals surface area contributed by atoms with Crippen LogP contribution in [0.5, 0.6) is 0 Å². The molecule has 1 amide bonds. The molecule has 1 aliphatic carbocycles. The molecule has 0 unspecified atom stereocenters. The van der Waals surface area contributed by atoms with Gasteiger partial charge in [-0.25, -0.2) is 0 Å². The molecule has 1 aliphatic heterocycles. The van der Waals surface area contributed by atoms with Crippen molar-refractivity contribution in [3.8, 4) is 0 Å². The van der Waals surface area contributed by atoms with Gasteiger partial charge >= 0.3 is 0 Å². The minimum absolute atomic E-state index is 0.205. The lowest BCUT2D eigenvalue weighted by molar-refractivity contribution is 0.0627. The van der Waals surface area contributed by atoms with Gasteiger partial charge in [-0.3, -0.25) is 14.7 Å². The van der Waals surface area contributed by atoms with E-state index >= 15 is 0 Å². The Hall–Kier alpha value is -2.14. The smallest absolute Gasteiger partial charge is 0.255 e. The molecule has 1 saturated heterocycles. The fourth-order valence-corrected chi connectivity index (χ4v) is 4.92. The van der Waals surface area contributed by atoms with Crippen molar-refractivity contribution in [3.63, 3.8) is 0 Å². The molecule has 28 heavy (non-hydrogen) atoms. The van der Waals surface area contributed by atoms with Crippen molar-refractivity contribution in [1.82, 2.24) is 19.4 Å². The number of nitrogens with zero attached hydrogens (tertiary/aromatic N) is 4. The normalized spacial score (nSPS) is 19.1. The van der Waals surface area contributed by atoms with Gasteiger partial charge in [0, 0.05) is 62.5 Å². The van der Waals surface area contributed by atoms with Crippen LogP contribution in [0.15, 0.2) is 30.6 Å². The molecule has 0 atom stereocenters. The van der Waals surface area contributed by atoms with E-state index in [1.807, 2.05) is 23.4 Å². The van der Waals surface area contributed by atoms with E-state index in [9.17, 15) is 4.79 Å². The monoisotopic (exact) mass is 380 g/mol. The predicted octanol–water partition coefficient (Wildman–Crippen LogP) is 3.96. The zero-order valence-corrected chi connectivity index (χ0v) is 17.2. The molecule has 0 N–H and O–H groups in total. The maximum absolute atomic E-state index is 13.2. The third-order valence-electron chi connectivity index (χ3n) is 6.44. The number of aryl methyl sites for hydroxylation is 1. The quantitative estimate of drug-likeness (QED) is 0.806. The average molecular weight is 381 g/mol. The van der Waals surface area contributed by atoms with Gasteiger partial charge < -0.3 is 9.47 Å². The van der Waals surface area contributed by atoms with E-state index in [0.717, 1.165) is 44.0 Å². The molecular formula is C23H32N4O. The van der Waals surface area contributed by atoms with Crippen molar-refractivity contribution in [2.75, 3.05) is 26.2 Å². The van der Waals surface area contributed by atoms with Gasteiger partial charge in [-0.05, 0) is 44.4 Å². The largest absolute Gasteiger partial charge is 0.345 e. The van der Waals surface area contributed by atoms with Crippen molar-refractivity contribution < 1.29 is 4.79 Å². The summed E-state index contributed by atoms with van der Waals surface area (Å²) in [5.41, 5.74) is 4.54. The molecule has 4 rings (SSSR count). The van der Waals surface area contributed by atoms with Crippen molar-refractivity contribution >= 4 is 5.91 Å². The summed E-state index contributed by atoms with van der Waals surface area (Å²) in [5.74, 6) is 0.205. The fraction of sp³-hybridized carbons (Fsp3) is 0.565. The lowest BCUT2D eigenvalue weighted by Gasteiger charge is -2.34. The number of rotatable bonds is 4.